The van der Waals surface area contributed by atoms with Crippen molar-refractivity contribution in [3.63, 3.8) is 0 Å². The molecule has 0 saturated carbocycles. The molecule has 0 amide bonds. The molecule has 5 saturated heterocycles. The summed E-state index contributed by atoms with van der Waals surface area (Å²) in [6, 6.07) is 0. The van der Waals surface area contributed by atoms with Gasteiger partial charge >= 0.3 is 0 Å². The molecule has 0 spiro atoms. The SMILES string of the molecule is C(OCC(OCC1CO1)C(OCC1CO1)C(COCC1CO1)OCC1CO1)C1CO1. The molecule has 10 heteroatoms. The van der Waals surface area contributed by atoms with E-state index >= 15 is 0 Å². The van der Waals surface area contributed by atoms with Crippen LogP contribution in [0.3, 0.4) is 0 Å². The molecule has 30 heavy (non-hydrogen) atoms. The van der Waals surface area contributed by atoms with Crippen LogP contribution in [0, 0.1) is 0 Å². The second-order valence-corrected chi connectivity index (χ2v) is 8.39. The van der Waals surface area contributed by atoms with Gasteiger partial charge in [0.25, 0.3) is 0 Å². The van der Waals surface area contributed by atoms with Gasteiger partial charge in [-0.2, -0.15) is 0 Å². The van der Waals surface area contributed by atoms with Crippen molar-refractivity contribution < 1.29 is 47.4 Å². The van der Waals surface area contributed by atoms with Gasteiger partial charge in [0.1, 0.15) is 48.8 Å². The molecule has 0 bridgehead atoms. The van der Waals surface area contributed by atoms with Gasteiger partial charge in [0.05, 0.1) is 79.3 Å². The Bertz CT molecular complexity index is 478. The average molecular weight is 432 g/mol. The van der Waals surface area contributed by atoms with Crippen molar-refractivity contribution in [3.8, 4) is 0 Å². The normalized spacial score (nSPS) is 36.2. The van der Waals surface area contributed by atoms with Gasteiger partial charge in [-0.15, -0.1) is 0 Å². The molecule has 172 valence electrons. The van der Waals surface area contributed by atoms with Gasteiger partial charge in [0.15, 0.2) is 0 Å². The predicted octanol–water partition coefficient (Wildman–Crippen LogP) is -0.831. The minimum absolute atomic E-state index is 0.133. The van der Waals surface area contributed by atoms with E-state index in [4.69, 9.17) is 47.4 Å². The highest BCUT2D eigenvalue weighted by Crippen LogP contribution is 2.22. The largest absolute Gasteiger partial charge is 0.376 e. The summed E-state index contributed by atoms with van der Waals surface area (Å²) >= 11 is 0. The lowest BCUT2D eigenvalue weighted by Gasteiger charge is -2.33. The second-order valence-electron chi connectivity index (χ2n) is 8.39. The molecule has 0 aromatic carbocycles. The summed E-state index contributed by atoms with van der Waals surface area (Å²) in [5, 5.41) is 0. The van der Waals surface area contributed by atoms with Crippen LogP contribution < -0.4 is 0 Å². The van der Waals surface area contributed by atoms with Crippen molar-refractivity contribution >= 4 is 0 Å². The maximum atomic E-state index is 6.26. The minimum atomic E-state index is -0.369. The minimum Gasteiger partial charge on any atom is -0.376 e. The smallest absolute Gasteiger partial charge is 0.114 e. The molecule has 0 aromatic rings. The highest BCUT2D eigenvalue weighted by atomic mass is 16.7. The summed E-state index contributed by atoms with van der Waals surface area (Å²) in [5.41, 5.74) is 0. The first-order chi connectivity index (χ1) is 14.8. The Morgan fingerprint density at radius 2 is 0.833 bits per heavy atom. The van der Waals surface area contributed by atoms with Crippen LogP contribution in [0.25, 0.3) is 0 Å². The number of hydrogen-bond donors (Lipinski definition) is 0. The Kier molecular flexibility index (Phi) is 7.49. The van der Waals surface area contributed by atoms with Crippen molar-refractivity contribution in [1.29, 1.82) is 0 Å². The number of rotatable bonds is 19. The Morgan fingerprint density at radius 1 is 0.500 bits per heavy atom. The molecule has 5 heterocycles. The molecule has 7 atom stereocenters. The van der Waals surface area contributed by atoms with E-state index in [0.29, 0.717) is 46.2 Å². The van der Waals surface area contributed by atoms with Crippen molar-refractivity contribution in [2.75, 3.05) is 79.3 Å². The van der Waals surface area contributed by atoms with Gasteiger partial charge in [0, 0.05) is 0 Å². The van der Waals surface area contributed by atoms with E-state index in [1.165, 1.54) is 0 Å². The first-order valence-electron chi connectivity index (χ1n) is 10.9. The van der Waals surface area contributed by atoms with Gasteiger partial charge in [-0.05, 0) is 0 Å². The van der Waals surface area contributed by atoms with Crippen molar-refractivity contribution in [2.45, 2.75) is 48.8 Å². The van der Waals surface area contributed by atoms with E-state index in [2.05, 4.69) is 0 Å². The van der Waals surface area contributed by atoms with Gasteiger partial charge in [-0.25, -0.2) is 0 Å². The summed E-state index contributed by atoms with van der Waals surface area (Å²) < 4.78 is 56.8. The van der Waals surface area contributed by atoms with Crippen LogP contribution in [0.15, 0.2) is 0 Å². The third-order valence-corrected chi connectivity index (χ3v) is 5.38. The Balaban J connectivity index is 1.20. The maximum absolute atomic E-state index is 6.26. The predicted molar refractivity (Wildman–Crippen MR) is 99.6 cm³/mol. The molecule has 7 unspecified atom stereocenters. The number of ether oxygens (including phenoxy) is 10. The van der Waals surface area contributed by atoms with Gasteiger partial charge in [-0.3, -0.25) is 0 Å². The third kappa shape index (κ3) is 7.94. The average Bonchev–Trinajstić information content (AvgIpc) is 3.54. The van der Waals surface area contributed by atoms with Crippen molar-refractivity contribution in [1.82, 2.24) is 0 Å². The van der Waals surface area contributed by atoms with Gasteiger partial charge < -0.3 is 47.4 Å². The molecular formula is C20H32O10. The number of epoxide rings is 5. The van der Waals surface area contributed by atoms with Crippen molar-refractivity contribution in [2.24, 2.45) is 0 Å². The van der Waals surface area contributed by atoms with Gasteiger partial charge in [0.2, 0.25) is 0 Å². The van der Waals surface area contributed by atoms with E-state index in [-0.39, 0.29) is 48.8 Å². The standard InChI is InChI=1S/C20H32O10/c1(13-3-23-13)21-11-18(28-8-15-5-25-15)20(30-10-17-7-27-17)19(29-9-16-6-26-16)12-22-2-14-4-24-14/h13-20H,1-12H2. The topological polar surface area (TPSA) is 109 Å². The molecule has 5 fully saturated rings. The summed E-state index contributed by atoms with van der Waals surface area (Å²) in [5.74, 6) is 0. The van der Waals surface area contributed by atoms with E-state index in [9.17, 15) is 0 Å². The lowest BCUT2D eigenvalue weighted by Crippen LogP contribution is -2.48. The van der Waals surface area contributed by atoms with E-state index in [1.807, 2.05) is 0 Å². The Hall–Kier alpha value is -0.400. The van der Waals surface area contributed by atoms with Crippen LogP contribution in [0.2, 0.25) is 0 Å². The molecular weight excluding hydrogens is 400 g/mol. The van der Waals surface area contributed by atoms with Crippen LogP contribution in [0.5, 0.6) is 0 Å². The van der Waals surface area contributed by atoms with E-state index < -0.39 is 0 Å². The molecule has 5 rings (SSSR count). The van der Waals surface area contributed by atoms with Crippen LogP contribution in [-0.4, -0.2) is 128 Å². The Morgan fingerprint density at radius 3 is 1.20 bits per heavy atom. The molecule has 0 radical (unpaired) electrons. The zero-order valence-electron chi connectivity index (χ0n) is 17.2. The zero-order chi connectivity index (χ0) is 20.2. The molecule has 0 aliphatic carbocycles. The highest BCUT2D eigenvalue weighted by Gasteiger charge is 2.38. The van der Waals surface area contributed by atoms with Crippen LogP contribution >= 0.6 is 0 Å². The van der Waals surface area contributed by atoms with Crippen molar-refractivity contribution in [3.05, 3.63) is 0 Å². The molecule has 10 nitrogen and oxygen atoms in total. The molecule has 5 aliphatic heterocycles. The lowest BCUT2D eigenvalue weighted by molar-refractivity contribution is -0.173. The summed E-state index contributed by atoms with van der Waals surface area (Å²) in [4.78, 5) is 0. The monoisotopic (exact) mass is 432 g/mol. The summed E-state index contributed by atoms with van der Waals surface area (Å²) in [6.45, 7) is 7.05. The van der Waals surface area contributed by atoms with Gasteiger partial charge in [-0.1, -0.05) is 0 Å². The fraction of sp³-hybridized carbons (Fsp3) is 1.00. The quantitative estimate of drug-likeness (QED) is 0.240. The Labute approximate surface area is 176 Å². The van der Waals surface area contributed by atoms with Crippen LogP contribution in [0.1, 0.15) is 0 Å². The third-order valence-electron chi connectivity index (χ3n) is 5.38. The molecule has 0 aromatic heterocycles. The fourth-order valence-electron chi connectivity index (χ4n) is 3.06. The second kappa shape index (κ2) is 10.5. The summed E-state index contributed by atoms with van der Waals surface area (Å²) in [7, 11) is 0. The molecule has 5 aliphatic rings. The molecule has 0 N–H and O–H groups in total. The van der Waals surface area contributed by atoms with E-state index in [1.54, 1.807) is 0 Å². The van der Waals surface area contributed by atoms with Crippen LogP contribution in [0.4, 0.5) is 0 Å². The first kappa shape index (κ1) is 21.4. The summed E-state index contributed by atoms with van der Waals surface area (Å²) in [6.07, 6.45) is -0.199. The number of hydrogen-bond acceptors (Lipinski definition) is 10. The maximum Gasteiger partial charge on any atom is 0.114 e. The first-order valence-corrected chi connectivity index (χ1v) is 10.9. The fourth-order valence-corrected chi connectivity index (χ4v) is 3.06. The lowest BCUT2D eigenvalue weighted by atomic mass is 10.1. The van der Waals surface area contributed by atoms with Crippen LogP contribution in [-0.2, 0) is 47.4 Å². The highest BCUT2D eigenvalue weighted by molar-refractivity contribution is 4.85. The zero-order valence-corrected chi connectivity index (χ0v) is 17.2. The van der Waals surface area contributed by atoms with E-state index in [0.717, 1.165) is 33.0 Å².